The summed E-state index contributed by atoms with van der Waals surface area (Å²) in [6.45, 7) is 6.68. The first kappa shape index (κ1) is 24.2. The van der Waals surface area contributed by atoms with Crippen molar-refractivity contribution >= 4 is 26.7 Å². The second kappa shape index (κ2) is 9.50. The van der Waals surface area contributed by atoms with Gasteiger partial charge in [0, 0.05) is 50.0 Å². The smallest absolute Gasteiger partial charge is 0.243 e. The molecule has 1 saturated heterocycles. The molecule has 7 nitrogen and oxygen atoms in total. The summed E-state index contributed by atoms with van der Waals surface area (Å²) >= 11 is 0. The van der Waals surface area contributed by atoms with Crippen LogP contribution in [0.5, 0.6) is 0 Å². The first-order valence-corrected chi connectivity index (χ1v) is 13.8. The molecule has 5 rings (SSSR count). The van der Waals surface area contributed by atoms with Crippen LogP contribution >= 0.6 is 0 Å². The number of aliphatic hydroxyl groups is 1. The molecule has 2 aromatic carbocycles. The summed E-state index contributed by atoms with van der Waals surface area (Å²) in [6, 6.07) is 13.2. The molecule has 0 radical (unpaired) electrons. The Morgan fingerprint density at radius 3 is 2.31 bits per heavy atom. The molecule has 1 aliphatic heterocycles. The van der Waals surface area contributed by atoms with Crippen LogP contribution in [0.3, 0.4) is 0 Å². The zero-order valence-electron chi connectivity index (χ0n) is 20.4. The average molecular weight is 496 g/mol. The standard InChI is InChI=1S/C27H33N3O4S/c1-19-6-9-22(10-7-19)35(33,34)29-14-12-28(13-15-29)17-21(31)18-30-25-11-8-20(2)16-24(25)23-4-3-5-26(32)27(23)30/h6-11,16,21,31H,3-5,12-15,17-18H2,1-2H3/t21-/m1/s1. The van der Waals surface area contributed by atoms with Gasteiger partial charge in [-0.25, -0.2) is 8.42 Å². The van der Waals surface area contributed by atoms with E-state index in [2.05, 4.69) is 30.0 Å². The number of aromatic nitrogens is 1. The minimum Gasteiger partial charge on any atom is -0.390 e. The molecule has 8 heteroatoms. The van der Waals surface area contributed by atoms with Crippen molar-refractivity contribution in [1.29, 1.82) is 0 Å². The molecule has 186 valence electrons. The number of Topliss-reactive ketones (excluding diaryl/α,β-unsaturated/α-hetero) is 1. The van der Waals surface area contributed by atoms with Crippen molar-refractivity contribution in [3.63, 3.8) is 0 Å². The number of carbonyl (C=O) groups is 1. The Balaban J connectivity index is 1.27. The fraction of sp³-hybridized carbons (Fsp3) is 0.444. The summed E-state index contributed by atoms with van der Waals surface area (Å²) in [5.74, 6) is 0.155. The third-order valence-electron chi connectivity index (χ3n) is 7.27. The molecule has 0 unspecified atom stereocenters. The van der Waals surface area contributed by atoms with Crippen molar-refractivity contribution in [2.75, 3.05) is 32.7 Å². The van der Waals surface area contributed by atoms with Gasteiger partial charge in [0.2, 0.25) is 10.0 Å². The molecule has 0 amide bonds. The lowest BCUT2D eigenvalue weighted by atomic mass is 9.94. The van der Waals surface area contributed by atoms with E-state index in [1.54, 1.807) is 12.1 Å². The van der Waals surface area contributed by atoms with E-state index in [1.165, 1.54) is 4.31 Å². The van der Waals surface area contributed by atoms with Crippen LogP contribution < -0.4 is 0 Å². The van der Waals surface area contributed by atoms with Crippen LogP contribution in [0, 0.1) is 13.8 Å². The molecule has 1 atom stereocenters. The van der Waals surface area contributed by atoms with E-state index in [-0.39, 0.29) is 5.78 Å². The number of rotatable bonds is 6. The van der Waals surface area contributed by atoms with E-state index in [4.69, 9.17) is 0 Å². The molecule has 1 aromatic heterocycles. The van der Waals surface area contributed by atoms with Crippen molar-refractivity contribution in [2.45, 2.75) is 50.7 Å². The molecule has 2 heterocycles. The fourth-order valence-corrected chi connectivity index (χ4v) is 6.84. The van der Waals surface area contributed by atoms with Gasteiger partial charge in [-0.1, -0.05) is 29.3 Å². The van der Waals surface area contributed by atoms with E-state index in [0.717, 1.165) is 46.1 Å². The summed E-state index contributed by atoms with van der Waals surface area (Å²) < 4.78 is 29.5. The Labute approximate surface area is 207 Å². The van der Waals surface area contributed by atoms with Gasteiger partial charge in [-0.15, -0.1) is 0 Å². The number of nitrogens with zero attached hydrogens (tertiary/aromatic N) is 3. The molecule has 0 saturated carbocycles. The zero-order chi connectivity index (χ0) is 24.7. The van der Waals surface area contributed by atoms with Crippen molar-refractivity contribution in [2.24, 2.45) is 0 Å². The zero-order valence-corrected chi connectivity index (χ0v) is 21.2. The van der Waals surface area contributed by atoms with Crippen LogP contribution in [0.15, 0.2) is 47.4 Å². The van der Waals surface area contributed by atoms with Gasteiger partial charge in [0.1, 0.15) is 0 Å². The summed E-state index contributed by atoms with van der Waals surface area (Å²) in [7, 11) is -3.51. The van der Waals surface area contributed by atoms with Crippen LogP contribution in [0.2, 0.25) is 0 Å². The van der Waals surface area contributed by atoms with Crippen LogP contribution in [0.1, 0.15) is 40.0 Å². The van der Waals surface area contributed by atoms with Gasteiger partial charge in [0.15, 0.2) is 5.78 Å². The molecule has 35 heavy (non-hydrogen) atoms. The van der Waals surface area contributed by atoms with E-state index < -0.39 is 16.1 Å². The SMILES string of the molecule is Cc1ccc(S(=O)(=O)N2CCN(C[C@@H](O)Cn3c4c(c5cc(C)ccc53)CCCC4=O)CC2)cc1. The number of sulfonamides is 1. The minimum absolute atomic E-state index is 0.155. The molecule has 1 N–H and O–H groups in total. The van der Waals surface area contributed by atoms with Gasteiger partial charge in [0.05, 0.1) is 23.2 Å². The number of β-amino-alcohol motifs (C(OH)–C–C–N with tert-alkyl or cyclic N) is 1. The van der Waals surface area contributed by atoms with Gasteiger partial charge >= 0.3 is 0 Å². The van der Waals surface area contributed by atoms with Crippen LogP contribution in [0.4, 0.5) is 0 Å². The molecular formula is C27H33N3O4S. The molecule has 2 aliphatic rings. The van der Waals surface area contributed by atoms with E-state index in [9.17, 15) is 18.3 Å². The number of ketones is 1. The average Bonchev–Trinajstić information content (AvgIpc) is 3.13. The Morgan fingerprint density at radius 2 is 1.60 bits per heavy atom. The maximum Gasteiger partial charge on any atom is 0.243 e. The number of fused-ring (bicyclic) bond motifs is 3. The molecule has 1 fully saturated rings. The number of hydrogen-bond acceptors (Lipinski definition) is 5. The number of aryl methyl sites for hydroxylation is 3. The van der Waals surface area contributed by atoms with Gasteiger partial charge in [-0.2, -0.15) is 4.31 Å². The highest BCUT2D eigenvalue weighted by Crippen LogP contribution is 2.33. The maximum atomic E-state index is 13.0. The van der Waals surface area contributed by atoms with Gasteiger partial charge in [-0.3, -0.25) is 9.69 Å². The molecule has 0 spiro atoms. The number of benzene rings is 2. The largest absolute Gasteiger partial charge is 0.390 e. The fourth-order valence-electron chi connectivity index (χ4n) is 5.42. The number of piperazine rings is 1. The summed E-state index contributed by atoms with van der Waals surface area (Å²) in [6.07, 6.45) is 1.65. The predicted molar refractivity (Wildman–Crippen MR) is 136 cm³/mol. The second-order valence-electron chi connectivity index (χ2n) is 9.91. The predicted octanol–water partition coefficient (Wildman–Crippen LogP) is 3.14. The first-order valence-electron chi connectivity index (χ1n) is 12.4. The normalized spacial score (nSPS) is 18.7. The van der Waals surface area contributed by atoms with Crippen molar-refractivity contribution in [3.8, 4) is 0 Å². The number of hydrogen-bond donors (Lipinski definition) is 1. The lowest BCUT2D eigenvalue weighted by Crippen LogP contribution is -2.50. The van der Waals surface area contributed by atoms with Crippen LogP contribution in [-0.2, 0) is 23.0 Å². The van der Waals surface area contributed by atoms with Gasteiger partial charge < -0.3 is 9.67 Å². The third kappa shape index (κ3) is 4.68. The Hall–Kier alpha value is -2.52. The van der Waals surface area contributed by atoms with Gasteiger partial charge in [0.25, 0.3) is 0 Å². The Morgan fingerprint density at radius 1 is 0.914 bits per heavy atom. The highest BCUT2D eigenvalue weighted by Gasteiger charge is 2.30. The molecular weight excluding hydrogens is 462 g/mol. The molecule has 0 bridgehead atoms. The lowest BCUT2D eigenvalue weighted by Gasteiger charge is -2.35. The summed E-state index contributed by atoms with van der Waals surface area (Å²) in [5, 5.41) is 12.1. The van der Waals surface area contributed by atoms with Crippen LogP contribution in [-0.4, -0.2) is 71.9 Å². The minimum atomic E-state index is -3.51. The van der Waals surface area contributed by atoms with Crippen molar-refractivity contribution < 1.29 is 18.3 Å². The molecule has 3 aromatic rings. The number of aliphatic hydroxyl groups excluding tert-OH is 1. The Bertz CT molecular complexity index is 1350. The quantitative estimate of drug-likeness (QED) is 0.568. The van der Waals surface area contributed by atoms with Crippen LogP contribution in [0.25, 0.3) is 10.9 Å². The Kier molecular flexibility index (Phi) is 6.57. The highest BCUT2D eigenvalue weighted by atomic mass is 32.2. The third-order valence-corrected chi connectivity index (χ3v) is 9.18. The first-order chi connectivity index (χ1) is 16.7. The topological polar surface area (TPSA) is 82.8 Å². The highest BCUT2D eigenvalue weighted by molar-refractivity contribution is 7.89. The second-order valence-corrected chi connectivity index (χ2v) is 11.8. The maximum absolute atomic E-state index is 13.0. The lowest BCUT2D eigenvalue weighted by molar-refractivity contribution is 0.0798. The summed E-state index contributed by atoms with van der Waals surface area (Å²) in [4.78, 5) is 15.3. The summed E-state index contributed by atoms with van der Waals surface area (Å²) in [5.41, 5.74) is 5.06. The van der Waals surface area contributed by atoms with Crippen molar-refractivity contribution in [1.82, 2.24) is 13.8 Å². The van der Waals surface area contributed by atoms with Gasteiger partial charge in [-0.05, 0) is 56.5 Å². The number of carbonyl (C=O) groups excluding carboxylic acids is 1. The van der Waals surface area contributed by atoms with Crippen molar-refractivity contribution in [3.05, 3.63) is 64.8 Å². The van der Waals surface area contributed by atoms with E-state index in [0.29, 0.717) is 50.6 Å². The van der Waals surface area contributed by atoms with E-state index in [1.807, 2.05) is 23.6 Å². The monoisotopic (exact) mass is 495 g/mol. The molecule has 1 aliphatic carbocycles. The van der Waals surface area contributed by atoms with E-state index >= 15 is 0 Å².